The Morgan fingerprint density at radius 3 is 2.71 bits per heavy atom. The maximum atomic E-state index is 11.6. The molecule has 0 spiro atoms. The molecule has 0 radical (unpaired) electrons. The van der Waals surface area contributed by atoms with Crippen LogP contribution < -0.4 is 11.5 Å². The van der Waals surface area contributed by atoms with Crippen molar-refractivity contribution < 1.29 is 9.59 Å². The SMILES string of the molecule is NC(=O)CC[C@H](N)C(=O)N1CCSC1. The average molecular weight is 217 g/mol. The van der Waals surface area contributed by atoms with Gasteiger partial charge in [0.15, 0.2) is 0 Å². The molecule has 0 aromatic rings. The lowest BCUT2D eigenvalue weighted by molar-refractivity contribution is -0.131. The summed E-state index contributed by atoms with van der Waals surface area (Å²) in [5.41, 5.74) is 10.6. The maximum Gasteiger partial charge on any atom is 0.240 e. The Labute approximate surface area is 87.2 Å². The normalized spacial score (nSPS) is 18.2. The Bertz CT molecular complexity index is 229. The fourth-order valence-electron chi connectivity index (χ4n) is 1.24. The van der Waals surface area contributed by atoms with Crippen LogP contribution in [0.2, 0.25) is 0 Å². The first kappa shape index (κ1) is 11.3. The minimum absolute atomic E-state index is 0.0729. The molecule has 80 valence electrons. The van der Waals surface area contributed by atoms with E-state index in [1.807, 2.05) is 0 Å². The van der Waals surface area contributed by atoms with Crippen LogP contribution in [-0.4, -0.2) is 40.9 Å². The Kier molecular flexibility index (Phi) is 4.21. The number of hydrogen-bond acceptors (Lipinski definition) is 4. The third kappa shape index (κ3) is 3.19. The number of primary amides is 1. The third-order valence-electron chi connectivity index (χ3n) is 2.08. The summed E-state index contributed by atoms with van der Waals surface area (Å²) in [5.74, 6) is 1.19. The van der Waals surface area contributed by atoms with Crippen molar-refractivity contribution in [2.24, 2.45) is 11.5 Å². The molecule has 1 fully saturated rings. The van der Waals surface area contributed by atoms with E-state index in [0.29, 0.717) is 12.3 Å². The number of hydrogen-bond donors (Lipinski definition) is 2. The molecule has 1 aliphatic heterocycles. The second-order valence-corrected chi connectivity index (χ2v) is 4.33. The molecule has 0 unspecified atom stereocenters. The Morgan fingerprint density at radius 1 is 1.50 bits per heavy atom. The number of rotatable bonds is 4. The van der Waals surface area contributed by atoms with Gasteiger partial charge in [-0.3, -0.25) is 9.59 Å². The van der Waals surface area contributed by atoms with Gasteiger partial charge in [0.1, 0.15) is 0 Å². The van der Waals surface area contributed by atoms with Crippen LogP contribution in [0.5, 0.6) is 0 Å². The summed E-state index contributed by atoms with van der Waals surface area (Å²) in [7, 11) is 0. The lowest BCUT2D eigenvalue weighted by Gasteiger charge is -2.18. The molecular weight excluding hydrogens is 202 g/mol. The largest absolute Gasteiger partial charge is 0.370 e. The zero-order valence-corrected chi connectivity index (χ0v) is 8.76. The molecular formula is C8H15N3O2S. The molecule has 1 rings (SSSR count). The minimum atomic E-state index is -0.582. The van der Waals surface area contributed by atoms with E-state index in [4.69, 9.17) is 11.5 Å². The van der Waals surface area contributed by atoms with Crippen LogP contribution in [0.25, 0.3) is 0 Å². The van der Waals surface area contributed by atoms with Crippen molar-refractivity contribution in [1.82, 2.24) is 4.90 Å². The van der Waals surface area contributed by atoms with E-state index in [0.717, 1.165) is 12.3 Å². The topological polar surface area (TPSA) is 89.4 Å². The van der Waals surface area contributed by atoms with Gasteiger partial charge in [0, 0.05) is 18.7 Å². The Balaban J connectivity index is 2.31. The number of thioether (sulfide) groups is 1. The summed E-state index contributed by atoms with van der Waals surface area (Å²) in [6.45, 7) is 0.758. The van der Waals surface area contributed by atoms with Gasteiger partial charge >= 0.3 is 0 Å². The first-order valence-electron chi connectivity index (χ1n) is 4.51. The fourth-order valence-corrected chi connectivity index (χ4v) is 2.20. The molecule has 0 bridgehead atoms. The molecule has 0 aromatic heterocycles. The maximum absolute atomic E-state index is 11.6. The highest BCUT2D eigenvalue weighted by molar-refractivity contribution is 7.99. The molecule has 14 heavy (non-hydrogen) atoms. The quantitative estimate of drug-likeness (QED) is 0.639. The molecule has 5 nitrogen and oxygen atoms in total. The van der Waals surface area contributed by atoms with E-state index < -0.39 is 11.9 Å². The van der Waals surface area contributed by atoms with E-state index in [2.05, 4.69) is 0 Å². The summed E-state index contributed by atoms with van der Waals surface area (Å²) in [4.78, 5) is 23.8. The van der Waals surface area contributed by atoms with Crippen molar-refractivity contribution in [3.8, 4) is 0 Å². The zero-order valence-electron chi connectivity index (χ0n) is 7.94. The minimum Gasteiger partial charge on any atom is -0.370 e. The highest BCUT2D eigenvalue weighted by Crippen LogP contribution is 2.14. The lowest BCUT2D eigenvalue weighted by atomic mass is 10.1. The average Bonchev–Trinajstić information content (AvgIpc) is 2.65. The van der Waals surface area contributed by atoms with Gasteiger partial charge in [-0.15, -0.1) is 11.8 Å². The number of carbonyl (C=O) groups is 2. The summed E-state index contributed by atoms with van der Waals surface area (Å²) >= 11 is 1.71. The monoisotopic (exact) mass is 217 g/mol. The van der Waals surface area contributed by atoms with Gasteiger partial charge in [-0.1, -0.05) is 0 Å². The van der Waals surface area contributed by atoms with Crippen molar-refractivity contribution in [2.45, 2.75) is 18.9 Å². The van der Waals surface area contributed by atoms with E-state index in [1.165, 1.54) is 0 Å². The van der Waals surface area contributed by atoms with Crippen LogP contribution in [0.3, 0.4) is 0 Å². The second kappa shape index (κ2) is 5.21. The van der Waals surface area contributed by atoms with Gasteiger partial charge < -0.3 is 16.4 Å². The van der Waals surface area contributed by atoms with Crippen LogP contribution in [0, 0.1) is 0 Å². The van der Waals surface area contributed by atoms with E-state index in [9.17, 15) is 9.59 Å². The molecule has 4 N–H and O–H groups in total. The van der Waals surface area contributed by atoms with Crippen molar-refractivity contribution in [3.05, 3.63) is 0 Å². The molecule has 0 saturated carbocycles. The predicted molar refractivity (Wildman–Crippen MR) is 55.4 cm³/mol. The summed E-state index contributed by atoms with van der Waals surface area (Å²) in [6.07, 6.45) is 0.517. The summed E-state index contributed by atoms with van der Waals surface area (Å²) in [6, 6.07) is -0.582. The molecule has 0 aliphatic carbocycles. The Morgan fingerprint density at radius 2 is 2.21 bits per heavy atom. The summed E-state index contributed by atoms with van der Waals surface area (Å²) < 4.78 is 0. The van der Waals surface area contributed by atoms with Crippen LogP contribution in [0.4, 0.5) is 0 Å². The van der Waals surface area contributed by atoms with Gasteiger partial charge in [0.25, 0.3) is 0 Å². The van der Waals surface area contributed by atoms with Crippen LogP contribution in [-0.2, 0) is 9.59 Å². The number of nitrogens with two attached hydrogens (primary N) is 2. The highest BCUT2D eigenvalue weighted by Gasteiger charge is 2.23. The van der Waals surface area contributed by atoms with Crippen molar-refractivity contribution in [1.29, 1.82) is 0 Å². The van der Waals surface area contributed by atoms with E-state index >= 15 is 0 Å². The molecule has 1 atom stereocenters. The molecule has 1 heterocycles. The van der Waals surface area contributed by atoms with Gasteiger partial charge in [-0.05, 0) is 6.42 Å². The van der Waals surface area contributed by atoms with Crippen molar-refractivity contribution >= 4 is 23.6 Å². The first-order valence-corrected chi connectivity index (χ1v) is 5.67. The van der Waals surface area contributed by atoms with Crippen LogP contribution >= 0.6 is 11.8 Å². The second-order valence-electron chi connectivity index (χ2n) is 3.25. The molecule has 0 aromatic carbocycles. The Hall–Kier alpha value is -0.750. The number of amides is 2. The van der Waals surface area contributed by atoms with Gasteiger partial charge in [-0.25, -0.2) is 0 Å². The van der Waals surface area contributed by atoms with Gasteiger partial charge in [0.05, 0.1) is 11.9 Å². The zero-order chi connectivity index (χ0) is 10.6. The first-order chi connectivity index (χ1) is 6.61. The fraction of sp³-hybridized carbons (Fsp3) is 0.750. The highest BCUT2D eigenvalue weighted by atomic mass is 32.2. The van der Waals surface area contributed by atoms with Gasteiger partial charge in [-0.2, -0.15) is 0 Å². The number of nitrogens with zero attached hydrogens (tertiary/aromatic N) is 1. The van der Waals surface area contributed by atoms with Crippen LogP contribution in [0.1, 0.15) is 12.8 Å². The standard InChI is InChI=1S/C8H15N3O2S/c9-6(1-2-7(10)12)8(13)11-3-4-14-5-11/h6H,1-5,9H2,(H2,10,12)/t6-/m0/s1. The molecule has 6 heteroatoms. The summed E-state index contributed by atoms with van der Waals surface area (Å²) in [5, 5.41) is 0. The number of carbonyl (C=O) groups excluding carboxylic acids is 2. The molecule has 2 amide bonds. The van der Waals surface area contributed by atoms with Gasteiger partial charge in [0.2, 0.25) is 11.8 Å². The third-order valence-corrected chi connectivity index (χ3v) is 3.05. The molecule has 1 saturated heterocycles. The van der Waals surface area contributed by atoms with Crippen molar-refractivity contribution in [2.75, 3.05) is 18.2 Å². The van der Waals surface area contributed by atoms with Crippen molar-refractivity contribution in [3.63, 3.8) is 0 Å². The smallest absolute Gasteiger partial charge is 0.240 e. The van der Waals surface area contributed by atoms with E-state index in [1.54, 1.807) is 16.7 Å². The lowest BCUT2D eigenvalue weighted by Crippen LogP contribution is -2.42. The molecule has 1 aliphatic rings. The van der Waals surface area contributed by atoms with E-state index in [-0.39, 0.29) is 12.3 Å². The predicted octanol–water partition coefficient (Wildman–Crippen LogP) is -0.888. The van der Waals surface area contributed by atoms with Crippen LogP contribution in [0.15, 0.2) is 0 Å².